The Kier molecular flexibility index (Phi) is 4.56. The second kappa shape index (κ2) is 7.15. The number of imidazole rings is 1. The number of hydrogen-bond donors (Lipinski definition) is 0. The third kappa shape index (κ3) is 3.54. The van der Waals surface area contributed by atoms with E-state index in [1.165, 1.54) is 5.56 Å². The summed E-state index contributed by atoms with van der Waals surface area (Å²) in [5.41, 5.74) is 1.66. The van der Waals surface area contributed by atoms with E-state index in [1.54, 1.807) is 16.8 Å². The second-order valence-corrected chi connectivity index (χ2v) is 6.84. The molecule has 1 aliphatic rings. The summed E-state index contributed by atoms with van der Waals surface area (Å²) < 4.78 is 7.69. The molecule has 0 spiro atoms. The number of nitrogens with zero attached hydrogens (tertiary/aromatic N) is 4. The van der Waals surface area contributed by atoms with Crippen molar-refractivity contribution in [2.75, 3.05) is 19.7 Å². The van der Waals surface area contributed by atoms with Crippen molar-refractivity contribution in [1.82, 2.24) is 19.3 Å². The van der Waals surface area contributed by atoms with Crippen molar-refractivity contribution in [2.24, 2.45) is 5.92 Å². The highest BCUT2D eigenvalue weighted by molar-refractivity contribution is 5.92. The molecular formula is C20H22N4O2. The van der Waals surface area contributed by atoms with Crippen LogP contribution in [-0.4, -0.2) is 44.9 Å². The van der Waals surface area contributed by atoms with E-state index >= 15 is 0 Å². The summed E-state index contributed by atoms with van der Waals surface area (Å²) >= 11 is 0. The zero-order chi connectivity index (χ0) is 17.9. The lowest BCUT2D eigenvalue weighted by molar-refractivity contribution is 0.0628. The number of hydrogen-bond acceptors (Lipinski definition) is 4. The van der Waals surface area contributed by atoms with E-state index in [0.29, 0.717) is 30.5 Å². The molecule has 2 aromatic heterocycles. The Balaban J connectivity index is 1.39. The van der Waals surface area contributed by atoms with Crippen molar-refractivity contribution in [3.63, 3.8) is 0 Å². The molecule has 1 atom stereocenters. The number of carbonyl (C=O) groups is 1. The molecule has 3 aromatic rings. The van der Waals surface area contributed by atoms with Gasteiger partial charge >= 0.3 is 0 Å². The first-order valence-corrected chi connectivity index (χ1v) is 8.97. The van der Waals surface area contributed by atoms with Crippen LogP contribution in [0.1, 0.15) is 28.9 Å². The maximum absolute atomic E-state index is 12.8. The van der Waals surface area contributed by atoms with Crippen LogP contribution in [0.3, 0.4) is 0 Å². The smallest absolute Gasteiger partial charge is 0.274 e. The van der Waals surface area contributed by atoms with Crippen LogP contribution in [-0.2, 0) is 0 Å². The highest BCUT2D eigenvalue weighted by Crippen LogP contribution is 2.20. The predicted molar refractivity (Wildman–Crippen MR) is 98.3 cm³/mol. The van der Waals surface area contributed by atoms with E-state index in [2.05, 4.69) is 16.9 Å². The largest absolute Gasteiger partial charge is 0.493 e. The van der Waals surface area contributed by atoms with Crippen molar-refractivity contribution in [2.45, 2.75) is 19.8 Å². The van der Waals surface area contributed by atoms with Crippen molar-refractivity contribution >= 4 is 11.7 Å². The van der Waals surface area contributed by atoms with Gasteiger partial charge in [0.15, 0.2) is 0 Å². The first kappa shape index (κ1) is 16.6. The van der Waals surface area contributed by atoms with Crippen molar-refractivity contribution in [1.29, 1.82) is 0 Å². The van der Waals surface area contributed by atoms with Crippen LogP contribution in [0.15, 0.2) is 48.9 Å². The number of fused-ring (bicyclic) bond motifs is 1. The fraction of sp³-hybridized carbons (Fsp3) is 0.350. The molecule has 4 rings (SSSR count). The fourth-order valence-corrected chi connectivity index (χ4v) is 3.33. The van der Waals surface area contributed by atoms with E-state index in [0.717, 1.165) is 25.1 Å². The van der Waals surface area contributed by atoms with Crippen LogP contribution in [0.4, 0.5) is 0 Å². The maximum Gasteiger partial charge on any atom is 0.274 e. The molecule has 0 saturated carbocycles. The zero-order valence-corrected chi connectivity index (χ0v) is 14.8. The first-order chi connectivity index (χ1) is 12.7. The maximum atomic E-state index is 12.8. The monoisotopic (exact) mass is 350 g/mol. The van der Waals surface area contributed by atoms with Crippen LogP contribution < -0.4 is 4.74 Å². The normalized spacial score (nSPS) is 17.4. The third-order valence-corrected chi connectivity index (χ3v) is 4.77. The number of amides is 1. The van der Waals surface area contributed by atoms with Crippen molar-refractivity contribution in [3.8, 4) is 5.75 Å². The fourth-order valence-electron chi connectivity index (χ4n) is 3.33. The van der Waals surface area contributed by atoms with Gasteiger partial charge in [0.05, 0.1) is 6.61 Å². The molecule has 1 fully saturated rings. The SMILES string of the molecule is Cc1ccc(OCC2CCCN(C(=O)c3cn4cccnc4n3)C2)cc1. The molecule has 1 saturated heterocycles. The molecule has 6 heteroatoms. The quantitative estimate of drug-likeness (QED) is 0.726. The Bertz CT molecular complexity index is 871. The highest BCUT2D eigenvalue weighted by Gasteiger charge is 2.26. The molecule has 1 amide bonds. The molecule has 1 aromatic carbocycles. The average Bonchev–Trinajstić information content (AvgIpc) is 3.11. The van der Waals surface area contributed by atoms with Gasteiger partial charge in [0, 0.05) is 37.6 Å². The summed E-state index contributed by atoms with van der Waals surface area (Å²) in [5.74, 6) is 1.73. The van der Waals surface area contributed by atoms with Gasteiger partial charge < -0.3 is 9.64 Å². The molecule has 0 N–H and O–H groups in total. The third-order valence-electron chi connectivity index (χ3n) is 4.77. The summed E-state index contributed by atoms with van der Waals surface area (Å²) in [6.07, 6.45) is 7.33. The molecule has 0 bridgehead atoms. The van der Waals surface area contributed by atoms with Crippen LogP contribution in [0, 0.1) is 12.8 Å². The molecular weight excluding hydrogens is 328 g/mol. The minimum absolute atomic E-state index is 0.0319. The van der Waals surface area contributed by atoms with Gasteiger partial charge in [0.1, 0.15) is 11.4 Å². The molecule has 1 aliphatic heterocycles. The molecule has 1 unspecified atom stereocenters. The van der Waals surface area contributed by atoms with Gasteiger partial charge in [0.25, 0.3) is 5.91 Å². The second-order valence-electron chi connectivity index (χ2n) is 6.84. The minimum Gasteiger partial charge on any atom is -0.493 e. The standard InChI is InChI=1S/C20H22N4O2/c1-15-5-7-17(8-6-15)26-14-16-4-2-10-23(12-16)19(25)18-13-24-11-3-9-21-20(24)22-18/h3,5-9,11,13,16H,2,4,10,12,14H2,1H3. The van der Waals surface area contributed by atoms with Gasteiger partial charge in [-0.2, -0.15) is 0 Å². The summed E-state index contributed by atoms with van der Waals surface area (Å²) in [6.45, 7) is 4.15. The van der Waals surface area contributed by atoms with Crippen LogP contribution in [0.2, 0.25) is 0 Å². The summed E-state index contributed by atoms with van der Waals surface area (Å²) in [7, 11) is 0. The summed E-state index contributed by atoms with van der Waals surface area (Å²) in [4.78, 5) is 23.2. The number of piperidine rings is 1. The number of rotatable bonds is 4. The number of carbonyl (C=O) groups excluding carboxylic acids is 1. The van der Waals surface area contributed by atoms with Gasteiger partial charge in [-0.25, -0.2) is 9.97 Å². The van der Waals surface area contributed by atoms with Gasteiger partial charge in [0.2, 0.25) is 5.78 Å². The Morgan fingerprint density at radius 1 is 1.31 bits per heavy atom. The minimum atomic E-state index is -0.0319. The Morgan fingerprint density at radius 3 is 2.96 bits per heavy atom. The average molecular weight is 350 g/mol. The topological polar surface area (TPSA) is 59.7 Å². The number of aromatic nitrogens is 3. The molecule has 134 valence electrons. The Morgan fingerprint density at radius 2 is 2.15 bits per heavy atom. The van der Waals surface area contributed by atoms with Gasteiger partial charge in [-0.05, 0) is 38.0 Å². The Hall–Kier alpha value is -2.89. The lowest BCUT2D eigenvalue weighted by Gasteiger charge is -2.32. The summed E-state index contributed by atoms with van der Waals surface area (Å²) in [5, 5.41) is 0. The number of likely N-dealkylation sites (tertiary alicyclic amines) is 1. The van der Waals surface area contributed by atoms with Crippen LogP contribution in [0.25, 0.3) is 5.78 Å². The number of ether oxygens (including phenoxy) is 1. The van der Waals surface area contributed by atoms with E-state index in [-0.39, 0.29) is 5.91 Å². The predicted octanol–water partition coefficient (Wildman–Crippen LogP) is 2.97. The van der Waals surface area contributed by atoms with Crippen molar-refractivity contribution in [3.05, 3.63) is 60.2 Å². The molecule has 3 heterocycles. The van der Waals surface area contributed by atoms with Crippen LogP contribution >= 0.6 is 0 Å². The van der Waals surface area contributed by atoms with E-state index in [9.17, 15) is 4.79 Å². The van der Waals surface area contributed by atoms with Crippen LogP contribution in [0.5, 0.6) is 5.75 Å². The van der Waals surface area contributed by atoms with E-state index in [1.807, 2.05) is 41.4 Å². The lowest BCUT2D eigenvalue weighted by Crippen LogP contribution is -2.41. The number of aryl methyl sites for hydroxylation is 1. The van der Waals surface area contributed by atoms with Crippen molar-refractivity contribution < 1.29 is 9.53 Å². The first-order valence-electron chi connectivity index (χ1n) is 8.97. The van der Waals surface area contributed by atoms with Gasteiger partial charge in [-0.15, -0.1) is 0 Å². The molecule has 26 heavy (non-hydrogen) atoms. The molecule has 0 radical (unpaired) electrons. The van der Waals surface area contributed by atoms with E-state index in [4.69, 9.17) is 4.74 Å². The molecule has 0 aliphatic carbocycles. The van der Waals surface area contributed by atoms with E-state index < -0.39 is 0 Å². The molecule has 6 nitrogen and oxygen atoms in total. The zero-order valence-electron chi connectivity index (χ0n) is 14.8. The Labute approximate surface area is 152 Å². The summed E-state index contributed by atoms with van der Waals surface area (Å²) in [6, 6.07) is 9.89. The lowest BCUT2D eigenvalue weighted by atomic mass is 9.98. The van der Waals surface area contributed by atoms with Gasteiger partial charge in [-0.1, -0.05) is 17.7 Å². The highest BCUT2D eigenvalue weighted by atomic mass is 16.5. The number of benzene rings is 1. The van der Waals surface area contributed by atoms with Gasteiger partial charge in [-0.3, -0.25) is 9.20 Å².